The topological polar surface area (TPSA) is 38.9 Å². The van der Waals surface area contributed by atoms with E-state index in [-0.39, 0.29) is 5.82 Å². The average molecular weight is 264 g/mol. The van der Waals surface area contributed by atoms with Crippen molar-refractivity contribution in [3.8, 4) is 10.6 Å². The van der Waals surface area contributed by atoms with Crippen molar-refractivity contribution in [2.45, 2.75) is 26.7 Å². The summed E-state index contributed by atoms with van der Waals surface area (Å²) < 4.78 is 13.2. The fraction of sp³-hybridized carbons (Fsp3) is 0.357. The Bertz CT molecular complexity index is 563. The Labute approximate surface area is 111 Å². The van der Waals surface area contributed by atoms with Gasteiger partial charge in [-0.15, -0.1) is 11.3 Å². The van der Waals surface area contributed by atoms with Crippen LogP contribution in [0.15, 0.2) is 18.2 Å². The number of aryl methyl sites for hydroxylation is 2. The molecule has 1 heterocycles. The van der Waals surface area contributed by atoms with E-state index in [2.05, 4.69) is 11.9 Å². The van der Waals surface area contributed by atoms with Crippen LogP contribution in [-0.4, -0.2) is 11.5 Å². The Balaban J connectivity index is 2.42. The third kappa shape index (κ3) is 2.44. The first kappa shape index (κ1) is 13.2. The standard InChI is InChI=1S/C14H17FN2S/c1-8-6-11(4-5-12(8)15)14-17-10(3)13(18-14)9(2)7-16/h4-6,9H,7,16H2,1-3H3. The van der Waals surface area contributed by atoms with Crippen molar-refractivity contribution in [1.82, 2.24) is 4.98 Å². The fourth-order valence-corrected chi connectivity index (χ4v) is 3.00. The molecule has 1 aromatic carbocycles. The minimum Gasteiger partial charge on any atom is -0.330 e. The lowest BCUT2D eigenvalue weighted by molar-refractivity contribution is 0.619. The predicted molar refractivity (Wildman–Crippen MR) is 74.5 cm³/mol. The molecular weight excluding hydrogens is 247 g/mol. The summed E-state index contributed by atoms with van der Waals surface area (Å²) in [4.78, 5) is 5.78. The first-order chi connectivity index (χ1) is 8.52. The molecule has 0 amide bonds. The molecule has 2 aromatic rings. The lowest BCUT2D eigenvalue weighted by Crippen LogP contribution is -2.08. The molecule has 0 radical (unpaired) electrons. The Kier molecular flexibility index (Phi) is 3.78. The molecular formula is C14H17FN2S. The molecule has 2 rings (SSSR count). The molecule has 96 valence electrons. The van der Waals surface area contributed by atoms with E-state index in [0.29, 0.717) is 18.0 Å². The molecule has 0 spiro atoms. The van der Waals surface area contributed by atoms with E-state index in [4.69, 9.17) is 5.73 Å². The Hall–Kier alpha value is -1.26. The molecule has 18 heavy (non-hydrogen) atoms. The van der Waals surface area contributed by atoms with Crippen LogP contribution in [0.25, 0.3) is 10.6 Å². The van der Waals surface area contributed by atoms with Crippen molar-refractivity contribution in [3.05, 3.63) is 40.2 Å². The van der Waals surface area contributed by atoms with E-state index in [1.54, 1.807) is 24.3 Å². The number of aromatic nitrogens is 1. The smallest absolute Gasteiger partial charge is 0.126 e. The van der Waals surface area contributed by atoms with Gasteiger partial charge in [0.2, 0.25) is 0 Å². The Morgan fingerprint density at radius 3 is 2.72 bits per heavy atom. The van der Waals surface area contributed by atoms with Gasteiger partial charge in [-0.2, -0.15) is 0 Å². The molecule has 2 nitrogen and oxygen atoms in total. The minimum absolute atomic E-state index is 0.178. The van der Waals surface area contributed by atoms with Gasteiger partial charge in [-0.3, -0.25) is 0 Å². The van der Waals surface area contributed by atoms with Crippen LogP contribution in [0.4, 0.5) is 4.39 Å². The average Bonchev–Trinajstić information content (AvgIpc) is 2.74. The fourth-order valence-electron chi connectivity index (χ4n) is 1.87. The summed E-state index contributed by atoms with van der Waals surface area (Å²) in [6, 6.07) is 5.11. The number of halogens is 1. The van der Waals surface area contributed by atoms with Gasteiger partial charge in [0.1, 0.15) is 10.8 Å². The van der Waals surface area contributed by atoms with E-state index in [1.807, 2.05) is 13.0 Å². The molecule has 0 bridgehead atoms. The normalized spacial score (nSPS) is 12.7. The van der Waals surface area contributed by atoms with Crippen LogP contribution in [-0.2, 0) is 0 Å². The highest BCUT2D eigenvalue weighted by atomic mass is 32.1. The summed E-state index contributed by atoms with van der Waals surface area (Å²) in [5.74, 6) is 0.139. The summed E-state index contributed by atoms with van der Waals surface area (Å²) in [5.41, 5.74) is 8.33. The third-order valence-electron chi connectivity index (χ3n) is 3.04. The van der Waals surface area contributed by atoms with E-state index in [0.717, 1.165) is 16.3 Å². The Morgan fingerprint density at radius 2 is 2.11 bits per heavy atom. The second-order valence-corrected chi connectivity index (χ2v) is 5.60. The van der Waals surface area contributed by atoms with E-state index in [1.165, 1.54) is 10.9 Å². The highest BCUT2D eigenvalue weighted by molar-refractivity contribution is 7.15. The van der Waals surface area contributed by atoms with Gasteiger partial charge in [0, 0.05) is 16.4 Å². The number of thiazole rings is 1. The van der Waals surface area contributed by atoms with Crippen LogP contribution in [0.2, 0.25) is 0 Å². The van der Waals surface area contributed by atoms with Crippen LogP contribution in [0.3, 0.4) is 0 Å². The maximum Gasteiger partial charge on any atom is 0.126 e. The van der Waals surface area contributed by atoms with Gasteiger partial charge < -0.3 is 5.73 Å². The second kappa shape index (κ2) is 5.16. The summed E-state index contributed by atoms with van der Waals surface area (Å²) in [7, 11) is 0. The summed E-state index contributed by atoms with van der Waals surface area (Å²) in [5, 5.41) is 0.936. The summed E-state index contributed by atoms with van der Waals surface area (Å²) in [6.45, 7) is 6.48. The van der Waals surface area contributed by atoms with E-state index >= 15 is 0 Å². The number of hydrogen-bond donors (Lipinski definition) is 1. The molecule has 0 aliphatic carbocycles. The number of hydrogen-bond acceptors (Lipinski definition) is 3. The zero-order valence-electron chi connectivity index (χ0n) is 10.8. The second-order valence-electron chi connectivity index (χ2n) is 4.57. The van der Waals surface area contributed by atoms with Crippen LogP contribution >= 0.6 is 11.3 Å². The van der Waals surface area contributed by atoms with Gasteiger partial charge >= 0.3 is 0 Å². The largest absolute Gasteiger partial charge is 0.330 e. The molecule has 1 aromatic heterocycles. The van der Waals surface area contributed by atoms with E-state index < -0.39 is 0 Å². The summed E-state index contributed by atoms with van der Waals surface area (Å²) in [6.07, 6.45) is 0. The van der Waals surface area contributed by atoms with Crippen molar-refractivity contribution < 1.29 is 4.39 Å². The number of nitrogens with zero attached hydrogens (tertiary/aromatic N) is 1. The minimum atomic E-state index is -0.178. The molecule has 0 saturated carbocycles. The predicted octanol–water partition coefficient (Wildman–Crippen LogP) is 3.63. The maximum absolute atomic E-state index is 13.2. The van der Waals surface area contributed by atoms with E-state index in [9.17, 15) is 4.39 Å². The highest BCUT2D eigenvalue weighted by Gasteiger charge is 2.14. The maximum atomic E-state index is 13.2. The van der Waals surface area contributed by atoms with Crippen molar-refractivity contribution in [3.63, 3.8) is 0 Å². The zero-order valence-corrected chi connectivity index (χ0v) is 11.6. The van der Waals surface area contributed by atoms with Crippen LogP contribution in [0.1, 0.15) is 29.0 Å². The molecule has 0 aliphatic heterocycles. The molecule has 0 saturated heterocycles. The number of rotatable bonds is 3. The highest BCUT2D eigenvalue weighted by Crippen LogP contribution is 2.32. The zero-order chi connectivity index (χ0) is 13.3. The van der Waals surface area contributed by atoms with Gasteiger partial charge in [-0.25, -0.2) is 9.37 Å². The third-order valence-corrected chi connectivity index (χ3v) is 4.48. The molecule has 1 unspecified atom stereocenters. The number of nitrogens with two attached hydrogens (primary N) is 1. The van der Waals surface area contributed by atoms with Crippen molar-refractivity contribution in [2.24, 2.45) is 5.73 Å². The molecule has 1 atom stereocenters. The van der Waals surface area contributed by atoms with Crippen LogP contribution < -0.4 is 5.73 Å². The molecule has 0 fully saturated rings. The quantitative estimate of drug-likeness (QED) is 0.919. The molecule has 2 N–H and O–H groups in total. The Morgan fingerprint density at radius 1 is 1.39 bits per heavy atom. The van der Waals surface area contributed by atoms with Gasteiger partial charge in [-0.1, -0.05) is 6.92 Å². The SMILES string of the molecule is Cc1cc(-c2nc(C)c(C(C)CN)s2)ccc1F. The lowest BCUT2D eigenvalue weighted by atomic mass is 10.1. The van der Waals surface area contributed by atoms with Crippen LogP contribution in [0.5, 0.6) is 0 Å². The van der Waals surface area contributed by atoms with Crippen LogP contribution in [0, 0.1) is 19.7 Å². The van der Waals surface area contributed by atoms with Crippen molar-refractivity contribution >= 4 is 11.3 Å². The monoisotopic (exact) mass is 264 g/mol. The van der Waals surface area contributed by atoms with Gasteiger partial charge in [0.25, 0.3) is 0 Å². The van der Waals surface area contributed by atoms with Crippen molar-refractivity contribution in [2.75, 3.05) is 6.54 Å². The first-order valence-electron chi connectivity index (χ1n) is 5.96. The van der Waals surface area contributed by atoms with Crippen molar-refractivity contribution in [1.29, 1.82) is 0 Å². The van der Waals surface area contributed by atoms with Gasteiger partial charge in [-0.05, 0) is 44.2 Å². The lowest BCUT2D eigenvalue weighted by Gasteiger charge is -2.04. The first-order valence-corrected chi connectivity index (χ1v) is 6.78. The molecule has 0 aliphatic rings. The van der Waals surface area contributed by atoms with Gasteiger partial charge in [0.15, 0.2) is 0 Å². The number of benzene rings is 1. The summed E-state index contributed by atoms with van der Waals surface area (Å²) >= 11 is 1.65. The molecule has 4 heteroatoms. The van der Waals surface area contributed by atoms with Gasteiger partial charge in [0.05, 0.1) is 5.69 Å².